The Morgan fingerprint density at radius 1 is 1.24 bits per heavy atom. The lowest BCUT2D eigenvalue weighted by Gasteiger charge is -2.19. The topological polar surface area (TPSA) is 91.2 Å². The molecule has 0 aliphatic carbocycles. The minimum atomic E-state index is -0.107. The Morgan fingerprint density at radius 3 is 2.64 bits per heavy atom. The fourth-order valence-electron chi connectivity index (χ4n) is 2.48. The number of amides is 1. The number of anilines is 1. The van der Waals surface area contributed by atoms with Crippen molar-refractivity contribution in [3.05, 3.63) is 47.4 Å². The van der Waals surface area contributed by atoms with E-state index in [1.165, 1.54) is 0 Å². The molecule has 0 spiro atoms. The fraction of sp³-hybridized carbons (Fsp3) is 0.294. The molecule has 0 aliphatic rings. The van der Waals surface area contributed by atoms with Gasteiger partial charge in [0.2, 0.25) is 5.82 Å². The van der Waals surface area contributed by atoms with E-state index in [0.717, 1.165) is 22.6 Å². The zero-order chi connectivity index (χ0) is 18.0. The number of aromatic nitrogens is 4. The van der Waals surface area contributed by atoms with Crippen LogP contribution in [0.3, 0.4) is 0 Å². The first-order chi connectivity index (χ1) is 12.0. The molecular formula is C17H20N6O2. The number of nitrogens with one attached hydrogen (secondary N) is 1. The number of furan rings is 1. The van der Waals surface area contributed by atoms with Gasteiger partial charge in [-0.3, -0.25) is 4.79 Å². The lowest BCUT2D eigenvalue weighted by molar-refractivity contribution is 0.0775. The number of aromatic amines is 1. The van der Waals surface area contributed by atoms with Crippen LogP contribution in [0.25, 0.3) is 11.4 Å². The van der Waals surface area contributed by atoms with Crippen LogP contribution in [0.1, 0.15) is 21.7 Å². The Labute approximate surface area is 145 Å². The molecule has 8 heteroatoms. The van der Waals surface area contributed by atoms with Crippen LogP contribution < -0.4 is 4.90 Å². The summed E-state index contributed by atoms with van der Waals surface area (Å²) in [5.41, 5.74) is 3.19. The molecule has 1 amide bonds. The molecular weight excluding hydrogens is 320 g/mol. The lowest BCUT2D eigenvalue weighted by Crippen LogP contribution is -2.26. The van der Waals surface area contributed by atoms with Gasteiger partial charge in [0.1, 0.15) is 5.76 Å². The maximum absolute atomic E-state index is 12.9. The second kappa shape index (κ2) is 6.76. The van der Waals surface area contributed by atoms with Crippen LogP contribution >= 0.6 is 0 Å². The highest BCUT2D eigenvalue weighted by atomic mass is 16.3. The molecule has 2 aromatic heterocycles. The van der Waals surface area contributed by atoms with E-state index in [0.29, 0.717) is 17.9 Å². The molecule has 1 N–H and O–H groups in total. The van der Waals surface area contributed by atoms with Gasteiger partial charge in [-0.15, -0.1) is 10.2 Å². The summed E-state index contributed by atoms with van der Waals surface area (Å²) >= 11 is 0. The molecule has 25 heavy (non-hydrogen) atoms. The quantitative estimate of drug-likeness (QED) is 0.765. The number of rotatable bonds is 5. The predicted molar refractivity (Wildman–Crippen MR) is 93.2 cm³/mol. The van der Waals surface area contributed by atoms with Gasteiger partial charge < -0.3 is 14.2 Å². The van der Waals surface area contributed by atoms with E-state index < -0.39 is 0 Å². The van der Waals surface area contributed by atoms with Crippen LogP contribution in [0.2, 0.25) is 0 Å². The van der Waals surface area contributed by atoms with Gasteiger partial charge in [0.25, 0.3) is 5.91 Å². The highest BCUT2D eigenvalue weighted by molar-refractivity contribution is 5.96. The summed E-state index contributed by atoms with van der Waals surface area (Å²) in [7, 11) is 5.58. The summed E-state index contributed by atoms with van der Waals surface area (Å²) in [6, 6.07) is 7.41. The van der Waals surface area contributed by atoms with Gasteiger partial charge in [-0.2, -0.15) is 5.21 Å². The van der Waals surface area contributed by atoms with Gasteiger partial charge in [-0.1, -0.05) is 0 Å². The number of carbonyl (C=O) groups is 1. The maximum atomic E-state index is 12.9. The third-order valence-electron chi connectivity index (χ3n) is 3.98. The molecule has 3 aromatic rings. The first-order valence-corrected chi connectivity index (χ1v) is 7.80. The van der Waals surface area contributed by atoms with Crippen LogP contribution in [0.15, 0.2) is 34.9 Å². The van der Waals surface area contributed by atoms with Crippen molar-refractivity contribution < 1.29 is 9.21 Å². The predicted octanol–water partition coefficient (Wildman–Crippen LogP) is 2.11. The van der Waals surface area contributed by atoms with Gasteiger partial charge in [0.15, 0.2) is 0 Å². The van der Waals surface area contributed by atoms with E-state index in [-0.39, 0.29) is 5.91 Å². The molecule has 0 aliphatic heterocycles. The van der Waals surface area contributed by atoms with Crippen LogP contribution in [0.4, 0.5) is 5.69 Å². The number of nitrogens with zero attached hydrogens (tertiary/aromatic N) is 5. The summed E-state index contributed by atoms with van der Waals surface area (Å²) in [5, 5.41) is 14.0. The molecule has 3 rings (SSSR count). The van der Waals surface area contributed by atoms with Crippen molar-refractivity contribution >= 4 is 11.6 Å². The molecule has 0 radical (unpaired) electrons. The largest absolute Gasteiger partial charge is 0.467 e. The first-order valence-electron chi connectivity index (χ1n) is 7.80. The van der Waals surface area contributed by atoms with Crippen LogP contribution in [-0.2, 0) is 6.54 Å². The zero-order valence-electron chi connectivity index (χ0n) is 14.6. The average molecular weight is 340 g/mol. The minimum absolute atomic E-state index is 0.107. The van der Waals surface area contributed by atoms with Gasteiger partial charge >= 0.3 is 0 Å². The summed E-state index contributed by atoms with van der Waals surface area (Å²) < 4.78 is 5.43. The van der Waals surface area contributed by atoms with E-state index in [1.807, 2.05) is 44.1 Å². The summed E-state index contributed by atoms with van der Waals surface area (Å²) in [5.74, 6) is 1.12. The van der Waals surface area contributed by atoms with Crippen LogP contribution in [-0.4, -0.2) is 52.6 Å². The van der Waals surface area contributed by atoms with E-state index in [2.05, 4.69) is 20.6 Å². The second-order valence-electron chi connectivity index (χ2n) is 6.09. The Balaban J connectivity index is 1.92. The Bertz CT molecular complexity index is 869. The van der Waals surface area contributed by atoms with Gasteiger partial charge in [-0.05, 0) is 42.0 Å². The molecule has 0 bridgehead atoms. The molecule has 0 fully saturated rings. The van der Waals surface area contributed by atoms with Crippen molar-refractivity contribution in [2.75, 3.05) is 26.0 Å². The first kappa shape index (κ1) is 16.7. The molecule has 2 heterocycles. The molecule has 0 atom stereocenters. The third kappa shape index (κ3) is 3.52. The molecule has 130 valence electrons. The molecule has 1 aromatic carbocycles. The lowest BCUT2D eigenvalue weighted by atomic mass is 10.1. The highest BCUT2D eigenvalue weighted by Crippen LogP contribution is 2.24. The van der Waals surface area contributed by atoms with E-state index >= 15 is 0 Å². The molecule has 0 unspecified atom stereocenters. The van der Waals surface area contributed by atoms with Crippen LogP contribution in [0.5, 0.6) is 0 Å². The van der Waals surface area contributed by atoms with E-state index in [4.69, 9.17) is 4.42 Å². The van der Waals surface area contributed by atoms with Crippen LogP contribution in [0, 0.1) is 6.92 Å². The van der Waals surface area contributed by atoms with Gasteiger partial charge in [0, 0.05) is 38.0 Å². The summed E-state index contributed by atoms with van der Waals surface area (Å²) in [6.45, 7) is 2.36. The Morgan fingerprint density at radius 2 is 2.04 bits per heavy atom. The standard InChI is InChI=1S/C17H20N6O2/c1-11-5-6-25-15(11)10-23(4)17(24)13-7-12(16-18-20-21-19-16)8-14(9-13)22(2)3/h5-9H,10H2,1-4H3,(H,18,19,20,21). The number of hydrogen-bond donors (Lipinski definition) is 1. The number of tetrazole rings is 1. The van der Waals surface area contributed by atoms with Crippen molar-refractivity contribution in [2.45, 2.75) is 13.5 Å². The fourth-order valence-corrected chi connectivity index (χ4v) is 2.48. The number of carbonyl (C=O) groups excluding carboxylic acids is 1. The zero-order valence-corrected chi connectivity index (χ0v) is 14.6. The maximum Gasteiger partial charge on any atom is 0.254 e. The van der Waals surface area contributed by atoms with Gasteiger partial charge in [0.05, 0.1) is 12.8 Å². The third-order valence-corrected chi connectivity index (χ3v) is 3.98. The number of hydrogen-bond acceptors (Lipinski definition) is 6. The molecule has 0 saturated carbocycles. The van der Waals surface area contributed by atoms with Crippen molar-refractivity contribution in [3.63, 3.8) is 0 Å². The van der Waals surface area contributed by atoms with Crippen molar-refractivity contribution in [2.24, 2.45) is 0 Å². The van der Waals surface area contributed by atoms with Crippen molar-refractivity contribution in [3.8, 4) is 11.4 Å². The average Bonchev–Trinajstić information content (AvgIpc) is 3.26. The second-order valence-corrected chi connectivity index (χ2v) is 6.09. The number of H-pyrrole nitrogens is 1. The number of aryl methyl sites for hydroxylation is 1. The summed E-state index contributed by atoms with van der Waals surface area (Å²) in [4.78, 5) is 16.4. The summed E-state index contributed by atoms with van der Waals surface area (Å²) in [6.07, 6.45) is 1.63. The Hall–Kier alpha value is -3.16. The Kier molecular flexibility index (Phi) is 4.51. The van der Waals surface area contributed by atoms with Gasteiger partial charge in [-0.25, -0.2) is 0 Å². The number of benzene rings is 1. The van der Waals surface area contributed by atoms with E-state index in [1.54, 1.807) is 24.3 Å². The SMILES string of the molecule is Cc1ccoc1CN(C)C(=O)c1cc(-c2nn[nH]n2)cc(N(C)C)c1. The van der Waals surface area contributed by atoms with E-state index in [9.17, 15) is 4.79 Å². The monoisotopic (exact) mass is 340 g/mol. The molecule has 0 saturated heterocycles. The van der Waals surface area contributed by atoms with Crippen molar-refractivity contribution in [1.29, 1.82) is 0 Å². The minimum Gasteiger partial charge on any atom is -0.467 e. The molecule has 8 nitrogen and oxygen atoms in total. The normalized spacial score (nSPS) is 10.7. The highest BCUT2D eigenvalue weighted by Gasteiger charge is 2.18. The van der Waals surface area contributed by atoms with Crippen molar-refractivity contribution in [1.82, 2.24) is 25.5 Å². The smallest absolute Gasteiger partial charge is 0.254 e.